The van der Waals surface area contributed by atoms with E-state index in [1.807, 2.05) is 6.08 Å². The third-order valence-corrected chi connectivity index (χ3v) is 2.52. The highest BCUT2D eigenvalue weighted by atomic mass is 16.5. The molecule has 0 unspecified atom stereocenters. The van der Waals surface area contributed by atoms with Gasteiger partial charge in [-0.25, -0.2) is 0 Å². The van der Waals surface area contributed by atoms with Gasteiger partial charge < -0.3 is 4.74 Å². The molecule has 0 N–H and O–H groups in total. The Bertz CT molecular complexity index is 164. The first-order chi connectivity index (χ1) is 7.91. The van der Waals surface area contributed by atoms with Gasteiger partial charge in [-0.1, -0.05) is 38.7 Å². The second-order valence-electron chi connectivity index (χ2n) is 4.09. The van der Waals surface area contributed by atoms with Crippen LogP contribution in [0.4, 0.5) is 0 Å². The average molecular weight is 226 g/mol. The first-order valence-electron chi connectivity index (χ1n) is 6.60. The van der Waals surface area contributed by atoms with Gasteiger partial charge in [-0.3, -0.25) is 4.79 Å². The maximum absolute atomic E-state index is 9.98. The summed E-state index contributed by atoms with van der Waals surface area (Å²) in [5.41, 5.74) is 0. The van der Waals surface area contributed by atoms with E-state index in [-0.39, 0.29) is 0 Å². The van der Waals surface area contributed by atoms with Gasteiger partial charge in [-0.05, 0) is 31.8 Å². The van der Waals surface area contributed by atoms with Crippen LogP contribution in [-0.4, -0.2) is 19.5 Å². The van der Waals surface area contributed by atoms with Crippen molar-refractivity contribution in [2.24, 2.45) is 0 Å². The van der Waals surface area contributed by atoms with Crippen molar-refractivity contribution in [1.82, 2.24) is 0 Å². The van der Waals surface area contributed by atoms with Crippen molar-refractivity contribution < 1.29 is 9.53 Å². The van der Waals surface area contributed by atoms with E-state index < -0.39 is 0 Å². The molecule has 0 rings (SSSR count). The maximum Gasteiger partial charge on any atom is 0.142 e. The fourth-order valence-electron chi connectivity index (χ4n) is 1.53. The lowest BCUT2D eigenvalue weighted by Crippen LogP contribution is -1.96. The summed E-state index contributed by atoms with van der Waals surface area (Å²) in [5, 5.41) is 0. The summed E-state index contributed by atoms with van der Waals surface area (Å²) in [6, 6.07) is 0. The Hall–Kier alpha value is -0.630. The molecule has 2 nitrogen and oxygen atoms in total. The lowest BCUT2D eigenvalue weighted by atomic mass is 10.2. The summed E-state index contributed by atoms with van der Waals surface area (Å²) in [4.78, 5) is 9.98. The van der Waals surface area contributed by atoms with Crippen molar-refractivity contribution in [2.75, 3.05) is 13.2 Å². The number of allylic oxidation sites excluding steroid dienone is 2. The summed E-state index contributed by atoms with van der Waals surface area (Å²) in [7, 11) is 0. The van der Waals surface area contributed by atoms with Crippen LogP contribution in [0.15, 0.2) is 12.2 Å². The summed E-state index contributed by atoms with van der Waals surface area (Å²) >= 11 is 0. The van der Waals surface area contributed by atoms with Crippen LogP contribution in [0, 0.1) is 0 Å². The molecule has 2 heteroatoms. The minimum absolute atomic E-state index is 0.826. The van der Waals surface area contributed by atoms with Crippen LogP contribution in [0.2, 0.25) is 0 Å². The van der Waals surface area contributed by atoms with E-state index in [0.717, 1.165) is 38.8 Å². The van der Waals surface area contributed by atoms with Crippen molar-refractivity contribution in [2.45, 2.75) is 58.3 Å². The fraction of sp³-hybridized carbons (Fsp3) is 0.786. The number of ether oxygens (including phenoxy) is 1. The zero-order valence-electron chi connectivity index (χ0n) is 10.6. The number of hydrogen-bond donors (Lipinski definition) is 0. The highest BCUT2D eigenvalue weighted by Gasteiger charge is 1.90. The van der Waals surface area contributed by atoms with Gasteiger partial charge >= 0.3 is 0 Å². The maximum atomic E-state index is 9.98. The van der Waals surface area contributed by atoms with E-state index in [9.17, 15) is 4.79 Å². The Morgan fingerprint density at radius 2 is 1.62 bits per heavy atom. The molecule has 0 heterocycles. The quantitative estimate of drug-likeness (QED) is 0.286. The Kier molecular flexibility index (Phi) is 13.8. The van der Waals surface area contributed by atoms with Crippen LogP contribution in [-0.2, 0) is 9.53 Å². The lowest BCUT2D eigenvalue weighted by molar-refractivity contribution is -0.104. The van der Waals surface area contributed by atoms with Gasteiger partial charge in [0.05, 0.1) is 0 Å². The molecule has 0 atom stereocenters. The molecule has 16 heavy (non-hydrogen) atoms. The molecule has 0 aromatic heterocycles. The SMILES string of the molecule is CCCCCCCOCCCC/C=C/C=O. The van der Waals surface area contributed by atoms with E-state index in [1.54, 1.807) is 6.08 Å². The number of aldehydes is 1. The Balaban J connectivity index is 2.93. The molecule has 0 aliphatic rings. The number of hydrogen-bond acceptors (Lipinski definition) is 2. The standard InChI is InChI=1S/C14H26O2/c1-2-3-4-7-10-13-16-14-11-8-5-6-9-12-15/h6,9,12H,2-5,7-8,10-11,13-14H2,1H3/b9-6+. The topological polar surface area (TPSA) is 26.3 Å². The predicted molar refractivity (Wildman–Crippen MR) is 68.6 cm³/mol. The molecule has 0 amide bonds. The van der Waals surface area contributed by atoms with E-state index >= 15 is 0 Å². The molecule has 0 spiro atoms. The van der Waals surface area contributed by atoms with E-state index in [1.165, 1.54) is 32.1 Å². The molecule has 0 radical (unpaired) electrons. The van der Waals surface area contributed by atoms with E-state index in [4.69, 9.17) is 4.74 Å². The van der Waals surface area contributed by atoms with Gasteiger partial charge in [0.2, 0.25) is 0 Å². The molecule has 0 aliphatic heterocycles. The van der Waals surface area contributed by atoms with Crippen molar-refractivity contribution in [3.8, 4) is 0 Å². The van der Waals surface area contributed by atoms with Gasteiger partial charge in [-0.15, -0.1) is 0 Å². The van der Waals surface area contributed by atoms with Gasteiger partial charge in [0.15, 0.2) is 0 Å². The van der Waals surface area contributed by atoms with Crippen LogP contribution in [0.25, 0.3) is 0 Å². The molecule has 0 bridgehead atoms. The highest BCUT2D eigenvalue weighted by Crippen LogP contribution is 2.03. The van der Waals surface area contributed by atoms with Crippen molar-refractivity contribution in [3.05, 3.63) is 12.2 Å². The van der Waals surface area contributed by atoms with Crippen molar-refractivity contribution >= 4 is 6.29 Å². The second kappa shape index (κ2) is 14.4. The largest absolute Gasteiger partial charge is 0.381 e. The Morgan fingerprint density at radius 1 is 0.938 bits per heavy atom. The minimum Gasteiger partial charge on any atom is -0.381 e. The molecule has 0 aromatic rings. The van der Waals surface area contributed by atoms with Crippen molar-refractivity contribution in [3.63, 3.8) is 0 Å². The monoisotopic (exact) mass is 226 g/mol. The number of carbonyl (C=O) groups excluding carboxylic acids is 1. The summed E-state index contributed by atoms with van der Waals surface area (Å²) in [6.45, 7) is 4.01. The summed E-state index contributed by atoms with van der Waals surface area (Å²) in [6.07, 6.45) is 14.0. The van der Waals surface area contributed by atoms with Crippen LogP contribution in [0.1, 0.15) is 58.3 Å². The molecule has 0 aromatic carbocycles. The van der Waals surface area contributed by atoms with Crippen LogP contribution in [0.5, 0.6) is 0 Å². The smallest absolute Gasteiger partial charge is 0.142 e. The first kappa shape index (κ1) is 15.4. The molecular formula is C14H26O2. The fourth-order valence-corrected chi connectivity index (χ4v) is 1.53. The highest BCUT2D eigenvalue weighted by molar-refractivity contribution is 5.64. The Morgan fingerprint density at radius 3 is 2.31 bits per heavy atom. The number of carbonyl (C=O) groups is 1. The molecular weight excluding hydrogens is 200 g/mol. The number of unbranched alkanes of at least 4 members (excludes halogenated alkanes) is 6. The van der Waals surface area contributed by atoms with Gasteiger partial charge in [0.25, 0.3) is 0 Å². The first-order valence-corrected chi connectivity index (χ1v) is 6.60. The van der Waals surface area contributed by atoms with Gasteiger partial charge in [-0.2, -0.15) is 0 Å². The summed E-state index contributed by atoms with van der Waals surface area (Å²) < 4.78 is 5.53. The molecule has 0 aliphatic carbocycles. The molecule has 0 fully saturated rings. The van der Waals surface area contributed by atoms with Crippen molar-refractivity contribution in [1.29, 1.82) is 0 Å². The predicted octanol–water partition coefficient (Wildman–Crippen LogP) is 3.90. The van der Waals surface area contributed by atoms with Gasteiger partial charge in [0.1, 0.15) is 6.29 Å². The molecule has 0 saturated heterocycles. The zero-order valence-corrected chi connectivity index (χ0v) is 10.6. The van der Waals surface area contributed by atoms with Crippen LogP contribution < -0.4 is 0 Å². The second-order valence-corrected chi connectivity index (χ2v) is 4.09. The zero-order chi connectivity index (χ0) is 11.9. The van der Waals surface area contributed by atoms with E-state index in [2.05, 4.69) is 6.92 Å². The summed E-state index contributed by atoms with van der Waals surface area (Å²) in [5.74, 6) is 0. The average Bonchev–Trinajstić information content (AvgIpc) is 2.31. The van der Waals surface area contributed by atoms with Gasteiger partial charge in [0, 0.05) is 13.2 Å². The molecule has 94 valence electrons. The lowest BCUT2D eigenvalue weighted by Gasteiger charge is -2.03. The minimum atomic E-state index is 0.826. The van der Waals surface area contributed by atoms with Crippen LogP contribution >= 0.6 is 0 Å². The normalized spacial score (nSPS) is 11.1. The van der Waals surface area contributed by atoms with Crippen LogP contribution in [0.3, 0.4) is 0 Å². The third-order valence-electron chi connectivity index (χ3n) is 2.52. The number of rotatable bonds is 12. The third kappa shape index (κ3) is 13.4. The molecule has 0 saturated carbocycles. The Labute approximate surface area is 100 Å². The van der Waals surface area contributed by atoms with E-state index in [0.29, 0.717) is 0 Å².